The highest BCUT2D eigenvalue weighted by Gasteiger charge is 2.44. The minimum absolute atomic E-state index is 0.0932. The molecule has 2 fully saturated rings. The molecule has 0 bridgehead atoms. The Kier molecular flexibility index (Phi) is 13.2. The minimum atomic E-state index is -0.901. The summed E-state index contributed by atoms with van der Waals surface area (Å²) in [5, 5.41) is 5.38. The van der Waals surface area contributed by atoms with Crippen LogP contribution in [0.2, 0.25) is 0 Å². The van der Waals surface area contributed by atoms with E-state index in [2.05, 4.69) is 20.6 Å². The Hall–Kier alpha value is -7.57. The molecule has 4 N–H and O–H groups in total. The number of benzene rings is 3. The molecule has 6 heterocycles. The molecule has 4 aliphatic rings. The molecule has 0 aliphatic carbocycles. The van der Waals surface area contributed by atoms with Crippen molar-refractivity contribution in [2.75, 3.05) is 34.1 Å². The van der Waals surface area contributed by atoms with Gasteiger partial charge in [-0.1, -0.05) is 82.3 Å². The maximum Gasteiger partial charge on any atom is 0.410 e. The number of nitrogens with zero attached hydrogens (tertiary/aromatic N) is 5. The van der Waals surface area contributed by atoms with Gasteiger partial charge in [0, 0.05) is 36.8 Å². The van der Waals surface area contributed by atoms with E-state index >= 15 is 0 Å². The number of hydrogen-bond donors (Lipinski definition) is 4. The lowest BCUT2D eigenvalue weighted by molar-refractivity contribution is -0.136. The topological polar surface area (TPSA) is 223 Å². The van der Waals surface area contributed by atoms with Crippen LogP contribution in [0.1, 0.15) is 81.8 Å². The highest BCUT2D eigenvalue weighted by molar-refractivity contribution is 5.87. The number of alkyl carbamates (subject to hydrolysis) is 2. The lowest BCUT2D eigenvalue weighted by atomic mass is 10.0. The number of aromatic amines is 2. The second-order valence-corrected chi connectivity index (χ2v) is 18.5. The van der Waals surface area contributed by atoms with Crippen molar-refractivity contribution >= 4 is 30.1 Å². The van der Waals surface area contributed by atoms with Gasteiger partial charge in [-0.05, 0) is 53.0 Å². The molecule has 19 nitrogen and oxygen atoms in total. The van der Waals surface area contributed by atoms with E-state index < -0.39 is 42.5 Å². The normalized spacial score (nSPS) is 19.1. The zero-order valence-electron chi connectivity index (χ0n) is 39.4. The van der Waals surface area contributed by atoms with Crippen LogP contribution in [0.4, 0.5) is 14.4 Å². The molecular weight excluding hydrogens is 887 g/mol. The highest BCUT2D eigenvalue weighted by Crippen LogP contribution is 2.42. The van der Waals surface area contributed by atoms with Crippen molar-refractivity contribution in [3.05, 3.63) is 95.8 Å². The van der Waals surface area contributed by atoms with Crippen molar-refractivity contribution < 1.29 is 47.7 Å². The van der Waals surface area contributed by atoms with Gasteiger partial charge >= 0.3 is 18.3 Å². The SMILES string of the molecule is COC(=O)N[C@H](C(=O)N1CCC[C@H]1c1nc(-c2ccc(-c3ccc(-c4cnc([C@@H]5C[C@@H](OC(=O)N6Cc7ccc8c(c7C6)OCO8)CN5C(=O)[C@@H](NC(=O)OC)C(C)C)[nH]4)cc3)cc2)c[nH]1)C(C)C. The smallest absolute Gasteiger partial charge is 0.410 e. The van der Waals surface area contributed by atoms with Gasteiger partial charge in [0.2, 0.25) is 18.6 Å². The van der Waals surface area contributed by atoms with Gasteiger partial charge in [0.05, 0.1) is 57.0 Å². The van der Waals surface area contributed by atoms with Gasteiger partial charge in [-0.2, -0.15) is 0 Å². The Bertz CT molecular complexity index is 2720. The highest BCUT2D eigenvalue weighted by atomic mass is 16.7. The number of hydrogen-bond acceptors (Lipinski definition) is 12. The van der Waals surface area contributed by atoms with Crippen LogP contribution < -0.4 is 20.1 Å². The number of H-pyrrole nitrogens is 2. The number of aromatic nitrogens is 4. The third kappa shape index (κ3) is 9.49. The van der Waals surface area contributed by atoms with Gasteiger partial charge in [0.15, 0.2) is 11.5 Å². The molecular formula is C50H57N9O10. The zero-order valence-corrected chi connectivity index (χ0v) is 39.4. The van der Waals surface area contributed by atoms with E-state index in [1.165, 1.54) is 14.2 Å². The fraction of sp³-hybridized carbons (Fsp3) is 0.420. The molecule has 3 aromatic carbocycles. The number of likely N-dealkylation sites (tertiary alicyclic amines) is 2. The summed E-state index contributed by atoms with van der Waals surface area (Å²) >= 11 is 0. The standard InChI is InChI=1S/C50H57N9O10/c1-27(2)41(55-48(62)65-5)46(60)58-19-7-8-38(58)44-51-21-36(53-44)31-13-9-29(10-14-31)30-11-15-32(16-12-30)37-22-52-45(54-37)39-20-34(24-59(39)47(61)42(28(3)4)56-49(63)66-6)69-50(64)57-23-33-17-18-40-43(35(33)25-57)68-26-67-40/h9-18,21-22,27-28,34,38-39,41-42H,7-8,19-20,23-26H2,1-6H3,(H,51,53)(H,52,54)(H,55,62)(H,56,63)/t34-,38+,39+,41+,42+/m1/s1. The van der Waals surface area contributed by atoms with Crippen LogP contribution in [0.3, 0.4) is 0 Å². The van der Waals surface area contributed by atoms with E-state index in [0.29, 0.717) is 42.8 Å². The summed E-state index contributed by atoms with van der Waals surface area (Å²) < 4.78 is 26.9. The third-order valence-corrected chi connectivity index (χ3v) is 13.4. The predicted molar refractivity (Wildman–Crippen MR) is 250 cm³/mol. The Morgan fingerprint density at radius 3 is 2.04 bits per heavy atom. The molecule has 362 valence electrons. The molecule has 19 heteroatoms. The number of rotatable bonds is 12. The Labute approximate surface area is 399 Å². The van der Waals surface area contributed by atoms with Gasteiger partial charge in [-0.15, -0.1) is 0 Å². The fourth-order valence-electron chi connectivity index (χ4n) is 9.63. The van der Waals surface area contributed by atoms with Crippen molar-refractivity contribution in [3.8, 4) is 45.1 Å². The first-order chi connectivity index (χ1) is 33.3. The third-order valence-electron chi connectivity index (χ3n) is 13.4. The Morgan fingerprint density at radius 1 is 0.754 bits per heavy atom. The Balaban J connectivity index is 0.874. The van der Waals surface area contributed by atoms with E-state index in [0.717, 1.165) is 57.6 Å². The van der Waals surface area contributed by atoms with Crippen molar-refractivity contribution in [1.82, 2.24) is 45.3 Å². The van der Waals surface area contributed by atoms with Crippen molar-refractivity contribution in [3.63, 3.8) is 0 Å². The lowest BCUT2D eigenvalue weighted by Crippen LogP contribution is -2.51. The van der Waals surface area contributed by atoms with E-state index in [9.17, 15) is 24.0 Å². The number of carbonyl (C=O) groups excluding carboxylic acids is 5. The number of amides is 5. The summed E-state index contributed by atoms with van der Waals surface area (Å²) in [6.45, 7) is 8.91. The van der Waals surface area contributed by atoms with E-state index in [-0.39, 0.29) is 49.5 Å². The van der Waals surface area contributed by atoms with Crippen LogP contribution in [-0.2, 0) is 36.9 Å². The number of carbonyl (C=O) groups is 5. The van der Waals surface area contributed by atoms with Crippen LogP contribution in [0.25, 0.3) is 33.6 Å². The predicted octanol–water partition coefficient (Wildman–Crippen LogP) is 7.08. The van der Waals surface area contributed by atoms with Crippen LogP contribution >= 0.6 is 0 Å². The first-order valence-electron chi connectivity index (χ1n) is 23.3. The summed E-state index contributed by atoms with van der Waals surface area (Å²) in [6, 6.07) is 17.5. The monoisotopic (exact) mass is 943 g/mol. The van der Waals surface area contributed by atoms with Gasteiger partial charge in [-0.25, -0.2) is 24.4 Å². The van der Waals surface area contributed by atoms with Crippen LogP contribution in [0.5, 0.6) is 11.5 Å². The zero-order chi connectivity index (χ0) is 48.5. The molecule has 2 aromatic heterocycles. The molecule has 2 saturated heterocycles. The van der Waals surface area contributed by atoms with Gasteiger partial charge in [0.1, 0.15) is 29.8 Å². The molecule has 69 heavy (non-hydrogen) atoms. The summed E-state index contributed by atoms with van der Waals surface area (Å²) in [5.74, 6) is 1.60. The maximum absolute atomic E-state index is 14.3. The molecule has 0 saturated carbocycles. The quantitative estimate of drug-likeness (QED) is 0.0922. The minimum Gasteiger partial charge on any atom is -0.454 e. The second-order valence-electron chi connectivity index (χ2n) is 18.5. The molecule has 0 radical (unpaired) electrons. The first kappa shape index (κ1) is 46.5. The van der Waals surface area contributed by atoms with E-state index in [1.807, 2.05) is 94.6 Å². The molecule has 5 aromatic rings. The molecule has 0 spiro atoms. The average Bonchev–Trinajstić information content (AvgIpc) is 4.22. The largest absolute Gasteiger partial charge is 0.454 e. The number of methoxy groups -OCH3 is 2. The van der Waals surface area contributed by atoms with Gasteiger partial charge in [-0.3, -0.25) is 14.5 Å². The molecule has 9 rings (SSSR count). The van der Waals surface area contributed by atoms with Crippen LogP contribution in [0.15, 0.2) is 73.1 Å². The molecule has 5 amide bonds. The lowest BCUT2D eigenvalue weighted by Gasteiger charge is -2.29. The summed E-state index contributed by atoms with van der Waals surface area (Å²) in [5.41, 5.74) is 7.13. The van der Waals surface area contributed by atoms with Crippen LogP contribution in [-0.4, -0.2) is 117 Å². The van der Waals surface area contributed by atoms with Gasteiger partial charge in [0.25, 0.3) is 0 Å². The molecule has 0 unspecified atom stereocenters. The number of ether oxygens (including phenoxy) is 5. The summed E-state index contributed by atoms with van der Waals surface area (Å²) in [7, 11) is 2.53. The number of nitrogens with one attached hydrogen (secondary N) is 4. The number of fused-ring (bicyclic) bond motifs is 3. The molecule has 4 aliphatic heterocycles. The van der Waals surface area contributed by atoms with Crippen molar-refractivity contribution in [1.29, 1.82) is 0 Å². The fourth-order valence-corrected chi connectivity index (χ4v) is 9.63. The maximum atomic E-state index is 14.3. The van der Waals surface area contributed by atoms with Crippen molar-refractivity contribution in [2.45, 2.75) is 90.3 Å². The van der Waals surface area contributed by atoms with Gasteiger partial charge < -0.3 is 54.1 Å². The number of imidazole rings is 2. The summed E-state index contributed by atoms with van der Waals surface area (Å²) in [6.07, 6.45) is 2.90. The van der Waals surface area contributed by atoms with Crippen LogP contribution in [0, 0.1) is 11.8 Å². The van der Waals surface area contributed by atoms with E-state index in [4.69, 9.17) is 33.7 Å². The average molecular weight is 944 g/mol. The first-order valence-corrected chi connectivity index (χ1v) is 23.3. The second kappa shape index (κ2) is 19.6. The molecule has 5 atom stereocenters. The summed E-state index contributed by atoms with van der Waals surface area (Å²) in [4.78, 5) is 87.3. The van der Waals surface area contributed by atoms with E-state index in [1.54, 1.807) is 20.9 Å². The van der Waals surface area contributed by atoms with Crippen molar-refractivity contribution in [2.24, 2.45) is 11.8 Å². The Morgan fingerprint density at radius 2 is 1.39 bits per heavy atom.